The van der Waals surface area contributed by atoms with Crippen molar-refractivity contribution in [3.05, 3.63) is 51.3 Å². The van der Waals surface area contributed by atoms with E-state index in [1.54, 1.807) is 13.0 Å². The van der Waals surface area contributed by atoms with Gasteiger partial charge < -0.3 is 4.74 Å². The first-order valence-corrected chi connectivity index (χ1v) is 6.08. The van der Waals surface area contributed by atoms with Crippen molar-refractivity contribution in [1.82, 2.24) is 9.78 Å². The number of halogens is 1. The van der Waals surface area contributed by atoms with E-state index in [4.69, 9.17) is 16.3 Å². The summed E-state index contributed by atoms with van der Waals surface area (Å²) in [5.41, 5.74) is 0.0811. The van der Waals surface area contributed by atoms with Crippen molar-refractivity contribution in [1.29, 1.82) is 0 Å². The monoisotopic (exact) mass is 295 g/mol. The predicted molar refractivity (Wildman–Crippen MR) is 71.2 cm³/mol. The van der Waals surface area contributed by atoms with Gasteiger partial charge in [0, 0.05) is 6.07 Å². The molecular formula is C12H10ClN3O4. The summed E-state index contributed by atoms with van der Waals surface area (Å²) in [5, 5.41) is 14.9. The molecule has 0 saturated heterocycles. The van der Waals surface area contributed by atoms with Crippen LogP contribution in [0.1, 0.15) is 17.3 Å². The quantitative estimate of drug-likeness (QED) is 0.491. The van der Waals surface area contributed by atoms with Gasteiger partial charge in [0.05, 0.1) is 17.7 Å². The van der Waals surface area contributed by atoms with Gasteiger partial charge in [-0.2, -0.15) is 5.10 Å². The fourth-order valence-electron chi connectivity index (χ4n) is 1.64. The predicted octanol–water partition coefficient (Wildman–Crippen LogP) is 2.61. The van der Waals surface area contributed by atoms with Crippen LogP contribution in [0.5, 0.6) is 0 Å². The first-order valence-electron chi connectivity index (χ1n) is 5.70. The number of nitrogens with zero attached hydrogens (tertiary/aromatic N) is 3. The van der Waals surface area contributed by atoms with E-state index in [1.165, 1.54) is 24.4 Å². The number of rotatable bonds is 4. The van der Waals surface area contributed by atoms with E-state index >= 15 is 0 Å². The minimum Gasteiger partial charge on any atom is -0.462 e. The summed E-state index contributed by atoms with van der Waals surface area (Å²) < 4.78 is 5.96. The van der Waals surface area contributed by atoms with Gasteiger partial charge in [-0.25, -0.2) is 9.48 Å². The Morgan fingerprint density at radius 2 is 2.20 bits per heavy atom. The van der Waals surface area contributed by atoms with Crippen LogP contribution in [-0.2, 0) is 4.74 Å². The Labute approximate surface area is 118 Å². The van der Waals surface area contributed by atoms with Crippen LogP contribution in [0.25, 0.3) is 5.69 Å². The summed E-state index contributed by atoms with van der Waals surface area (Å²) in [4.78, 5) is 22.1. The molecule has 2 aromatic rings. The topological polar surface area (TPSA) is 87.3 Å². The van der Waals surface area contributed by atoms with Crippen molar-refractivity contribution in [2.45, 2.75) is 6.92 Å². The molecule has 104 valence electrons. The maximum atomic E-state index is 11.6. The number of ether oxygens (including phenoxy) is 1. The second-order valence-corrected chi connectivity index (χ2v) is 4.09. The molecule has 1 heterocycles. The van der Waals surface area contributed by atoms with Crippen LogP contribution < -0.4 is 0 Å². The maximum absolute atomic E-state index is 11.6. The van der Waals surface area contributed by atoms with Gasteiger partial charge in [0.1, 0.15) is 16.4 Å². The van der Waals surface area contributed by atoms with Crippen LogP contribution >= 0.6 is 11.6 Å². The van der Waals surface area contributed by atoms with E-state index < -0.39 is 10.9 Å². The van der Waals surface area contributed by atoms with Crippen molar-refractivity contribution in [3.8, 4) is 5.69 Å². The Balaban J connectivity index is 2.50. The molecule has 20 heavy (non-hydrogen) atoms. The van der Waals surface area contributed by atoms with Crippen LogP contribution in [0, 0.1) is 10.1 Å². The standard InChI is InChI=1S/C12H10ClN3O4/c1-2-20-12(17)8-7-14-15(11(8)13)9-5-3-4-6-10(9)16(18)19/h3-7H,2H2,1H3. The number of aromatic nitrogens is 2. The van der Waals surface area contributed by atoms with Gasteiger partial charge in [-0.1, -0.05) is 23.7 Å². The highest BCUT2D eigenvalue weighted by molar-refractivity contribution is 6.32. The van der Waals surface area contributed by atoms with E-state index in [2.05, 4.69) is 5.10 Å². The molecule has 0 amide bonds. The zero-order chi connectivity index (χ0) is 14.7. The number of carbonyl (C=O) groups is 1. The Kier molecular flexibility index (Phi) is 3.99. The molecule has 0 aliphatic heterocycles. The fraction of sp³-hybridized carbons (Fsp3) is 0.167. The van der Waals surface area contributed by atoms with Crippen LogP contribution in [0.2, 0.25) is 5.15 Å². The molecular weight excluding hydrogens is 286 g/mol. The van der Waals surface area contributed by atoms with Crippen molar-refractivity contribution < 1.29 is 14.5 Å². The highest BCUT2D eigenvalue weighted by atomic mass is 35.5. The highest BCUT2D eigenvalue weighted by Gasteiger charge is 2.22. The minimum absolute atomic E-state index is 0.0299. The van der Waals surface area contributed by atoms with Gasteiger partial charge >= 0.3 is 5.97 Å². The minimum atomic E-state index is -0.623. The van der Waals surface area contributed by atoms with Crippen LogP contribution in [-0.4, -0.2) is 27.3 Å². The first kappa shape index (κ1) is 14.0. The summed E-state index contributed by atoms with van der Waals surface area (Å²) >= 11 is 6.04. The largest absolute Gasteiger partial charge is 0.462 e. The van der Waals surface area contributed by atoms with E-state index in [0.717, 1.165) is 4.68 Å². The molecule has 1 aromatic carbocycles. The van der Waals surface area contributed by atoms with Gasteiger partial charge in [0.2, 0.25) is 0 Å². The number of hydrogen-bond donors (Lipinski definition) is 0. The smallest absolute Gasteiger partial charge is 0.342 e. The number of esters is 1. The molecule has 0 saturated carbocycles. The lowest BCUT2D eigenvalue weighted by Gasteiger charge is -2.04. The molecule has 0 bridgehead atoms. The number of para-hydroxylation sites is 2. The lowest BCUT2D eigenvalue weighted by molar-refractivity contribution is -0.384. The van der Waals surface area contributed by atoms with Crippen LogP contribution in [0.15, 0.2) is 30.5 Å². The summed E-state index contributed by atoms with van der Waals surface area (Å²) in [6, 6.07) is 5.97. The Morgan fingerprint density at radius 3 is 2.85 bits per heavy atom. The van der Waals surface area contributed by atoms with E-state index in [0.29, 0.717) is 0 Å². The van der Waals surface area contributed by atoms with Gasteiger partial charge in [-0.05, 0) is 13.0 Å². The first-order chi connectivity index (χ1) is 9.56. The summed E-state index contributed by atoms with van der Waals surface area (Å²) in [6.07, 6.45) is 1.22. The van der Waals surface area contributed by atoms with Crippen LogP contribution in [0.4, 0.5) is 5.69 Å². The molecule has 8 heteroatoms. The third-order valence-corrected chi connectivity index (χ3v) is 2.88. The third kappa shape index (κ3) is 2.48. The summed E-state index contributed by atoms with van der Waals surface area (Å²) in [7, 11) is 0. The van der Waals surface area contributed by atoms with E-state index in [1.807, 2.05) is 0 Å². The number of carbonyl (C=O) groups excluding carboxylic acids is 1. The van der Waals surface area contributed by atoms with Crippen LogP contribution in [0.3, 0.4) is 0 Å². The van der Waals surface area contributed by atoms with Gasteiger partial charge in [0.25, 0.3) is 5.69 Å². The fourth-order valence-corrected chi connectivity index (χ4v) is 1.91. The summed E-state index contributed by atoms with van der Waals surface area (Å²) in [6.45, 7) is 1.87. The Hall–Kier alpha value is -2.41. The summed E-state index contributed by atoms with van der Waals surface area (Å²) in [5.74, 6) is -0.623. The SMILES string of the molecule is CCOC(=O)c1cnn(-c2ccccc2[N+](=O)[O-])c1Cl. The second-order valence-electron chi connectivity index (χ2n) is 3.73. The highest BCUT2D eigenvalue weighted by Crippen LogP contribution is 2.27. The molecule has 0 spiro atoms. The molecule has 0 radical (unpaired) electrons. The number of hydrogen-bond acceptors (Lipinski definition) is 5. The average Bonchev–Trinajstić information content (AvgIpc) is 2.80. The molecule has 0 atom stereocenters. The van der Waals surface area contributed by atoms with Crippen molar-refractivity contribution in [3.63, 3.8) is 0 Å². The molecule has 1 aromatic heterocycles. The normalized spacial score (nSPS) is 10.3. The molecule has 2 rings (SSSR count). The van der Waals surface area contributed by atoms with E-state index in [-0.39, 0.29) is 28.7 Å². The molecule has 0 fully saturated rings. The number of nitro groups is 1. The van der Waals surface area contributed by atoms with Gasteiger partial charge in [-0.3, -0.25) is 10.1 Å². The molecule has 0 N–H and O–H groups in total. The second kappa shape index (κ2) is 5.70. The Morgan fingerprint density at radius 1 is 1.50 bits per heavy atom. The Bertz CT molecular complexity index is 668. The third-order valence-electron chi connectivity index (χ3n) is 2.51. The molecule has 7 nitrogen and oxygen atoms in total. The van der Waals surface area contributed by atoms with E-state index in [9.17, 15) is 14.9 Å². The number of benzene rings is 1. The van der Waals surface area contributed by atoms with Gasteiger partial charge in [0.15, 0.2) is 0 Å². The molecule has 0 unspecified atom stereocenters. The van der Waals surface area contributed by atoms with Crippen molar-refractivity contribution >= 4 is 23.3 Å². The van der Waals surface area contributed by atoms with Gasteiger partial charge in [-0.15, -0.1) is 0 Å². The average molecular weight is 296 g/mol. The molecule has 0 aliphatic rings. The van der Waals surface area contributed by atoms with Crippen molar-refractivity contribution in [2.24, 2.45) is 0 Å². The lowest BCUT2D eigenvalue weighted by Crippen LogP contribution is -2.05. The zero-order valence-electron chi connectivity index (χ0n) is 10.4. The lowest BCUT2D eigenvalue weighted by atomic mass is 10.2. The zero-order valence-corrected chi connectivity index (χ0v) is 11.2. The van der Waals surface area contributed by atoms with Crippen molar-refractivity contribution in [2.75, 3.05) is 6.61 Å². The number of nitro benzene ring substituents is 1. The molecule has 0 aliphatic carbocycles. The maximum Gasteiger partial charge on any atom is 0.342 e.